The summed E-state index contributed by atoms with van der Waals surface area (Å²) in [4.78, 5) is 24.0. The minimum atomic E-state index is -0.0263. The van der Waals surface area contributed by atoms with E-state index in [9.17, 15) is 4.79 Å². The summed E-state index contributed by atoms with van der Waals surface area (Å²) in [6.07, 6.45) is 6.06. The Morgan fingerprint density at radius 3 is 2.56 bits per heavy atom. The summed E-state index contributed by atoms with van der Waals surface area (Å²) >= 11 is 1.49. The van der Waals surface area contributed by atoms with Crippen molar-refractivity contribution >= 4 is 23.4 Å². The van der Waals surface area contributed by atoms with E-state index in [4.69, 9.17) is 0 Å². The molecule has 0 bridgehead atoms. The molecule has 8 heteroatoms. The van der Waals surface area contributed by atoms with Crippen LogP contribution in [0.3, 0.4) is 0 Å². The molecule has 0 unspecified atom stereocenters. The number of carbonyl (C=O) groups excluding carboxylic acids is 1. The van der Waals surface area contributed by atoms with E-state index < -0.39 is 0 Å². The molecule has 2 aromatic rings. The van der Waals surface area contributed by atoms with Gasteiger partial charge in [-0.15, -0.1) is 5.10 Å². The highest BCUT2D eigenvalue weighted by molar-refractivity contribution is 7.98. The molecule has 1 aliphatic rings. The monoisotopic (exact) mass is 390 g/mol. The molecule has 0 atom stereocenters. The Bertz CT molecular complexity index is 825. The number of hydrogen-bond donors (Lipinski definition) is 1. The largest absolute Gasteiger partial charge is 0.354 e. The van der Waals surface area contributed by atoms with Crippen LogP contribution in [-0.4, -0.2) is 61.8 Å². The summed E-state index contributed by atoms with van der Waals surface area (Å²) < 4.78 is 1.74. The summed E-state index contributed by atoms with van der Waals surface area (Å²) in [7, 11) is 0. The highest BCUT2D eigenvalue weighted by Gasteiger charge is 2.28. The molecule has 1 aliphatic heterocycles. The van der Waals surface area contributed by atoms with Crippen molar-refractivity contribution in [1.29, 1.82) is 0 Å². The quantitative estimate of drug-likeness (QED) is 0.764. The first-order valence-electron chi connectivity index (χ1n) is 9.60. The maximum atomic E-state index is 12.6. The van der Waals surface area contributed by atoms with Gasteiger partial charge < -0.3 is 5.32 Å². The van der Waals surface area contributed by atoms with Crippen molar-refractivity contribution in [2.75, 3.05) is 25.9 Å². The molecule has 148 valence electrons. The molecule has 0 aromatic carbocycles. The zero-order valence-electron chi connectivity index (χ0n) is 17.0. The number of likely N-dealkylation sites (tertiary alicyclic amines) is 1. The number of aryl methyl sites for hydroxylation is 2. The molecule has 27 heavy (non-hydrogen) atoms. The van der Waals surface area contributed by atoms with Crippen LogP contribution in [0.15, 0.2) is 5.16 Å². The van der Waals surface area contributed by atoms with E-state index in [1.54, 1.807) is 4.52 Å². The molecule has 1 fully saturated rings. The van der Waals surface area contributed by atoms with Crippen molar-refractivity contribution in [3.8, 4) is 0 Å². The first-order valence-corrected chi connectivity index (χ1v) is 10.8. The fourth-order valence-corrected chi connectivity index (χ4v) is 4.02. The number of hydrogen-bond acceptors (Lipinski definition) is 6. The van der Waals surface area contributed by atoms with E-state index in [-0.39, 0.29) is 11.4 Å². The number of nitrogens with one attached hydrogen (secondary N) is 1. The molecule has 0 aliphatic carbocycles. The Morgan fingerprint density at radius 2 is 1.89 bits per heavy atom. The normalized spacial score (nSPS) is 16.0. The van der Waals surface area contributed by atoms with Crippen LogP contribution < -0.4 is 5.32 Å². The van der Waals surface area contributed by atoms with Crippen LogP contribution in [0.25, 0.3) is 5.78 Å². The Balaban J connectivity index is 1.68. The average molecular weight is 391 g/mol. The molecule has 0 radical (unpaired) electrons. The number of carbonyl (C=O) groups is 1. The smallest absolute Gasteiger partial charge is 0.253 e. The Hall–Kier alpha value is -1.67. The number of fused-ring (bicyclic) bond motifs is 1. The van der Waals surface area contributed by atoms with Gasteiger partial charge in [-0.3, -0.25) is 9.69 Å². The van der Waals surface area contributed by atoms with E-state index in [0.29, 0.717) is 23.9 Å². The Labute approximate surface area is 165 Å². The standard InChI is InChI=1S/C19H30N6OS/c1-13-15(14(2)25-17(21-13)22-18(23-25)27-5)11-16(26)20-12-19(3,4)24-9-7-6-8-10-24/h6-12H2,1-5H3,(H,20,26). The predicted molar refractivity (Wildman–Crippen MR) is 108 cm³/mol. The van der Waals surface area contributed by atoms with Crippen molar-refractivity contribution in [2.45, 2.75) is 64.1 Å². The molecule has 3 heterocycles. The molecule has 1 amide bonds. The second kappa shape index (κ2) is 8.14. The van der Waals surface area contributed by atoms with Gasteiger partial charge in [0.25, 0.3) is 5.78 Å². The van der Waals surface area contributed by atoms with Crippen molar-refractivity contribution in [2.24, 2.45) is 0 Å². The number of aromatic nitrogens is 4. The molecule has 2 aromatic heterocycles. The zero-order valence-corrected chi connectivity index (χ0v) is 17.8. The van der Waals surface area contributed by atoms with Gasteiger partial charge in [0.15, 0.2) is 0 Å². The van der Waals surface area contributed by atoms with E-state index in [0.717, 1.165) is 30.0 Å². The number of nitrogens with zero attached hydrogens (tertiary/aromatic N) is 5. The van der Waals surface area contributed by atoms with Crippen molar-refractivity contribution in [3.63, 3.8) is 0 Å². The second-order valence-corrected chi connectivity index (χ2v) is 8.66. The summed E-state index contributed by atoms with van der Waals surface area (Å²) in [6.45, 7) is 11.2. The molecular formula is C19H30N6OS. The van der Waals surface area contributed by atoms with Gasteiger partial charge in [-0.05, 0) is 59.9 Å². The third-order valence-corrected chi connectivity index (χ3v) is 6.02. The lowest BCUT2D eigenvalue weighted by Crippen LogP contribution is -2.53. The number of thioether (sulfide) groups is 1. The van der Waals surface area contributed by atoms with Crippen LogP contribution >= 0.6 is 11.8 Å². The summed E-state index contributed by atoms with van der Waals surface area (Å²) in [5, 5.41) is 8.27. The Morgan fingerprint density at radius 1 is 1.19 bits per heavy atom. The molecule has 0 spiro atoms. The maximum Gasteiger partial charge on any atom is 0.253 e. The van der Waals surface area contributed by atoms with Gasteiger partial charge in [-0.2, -0.15) is 4.98 Å². The first kappa shape index (κ1) is 20.1. The van der Waals surface area contributed by atoms with Crippen LogP contribution in [0.1, 0.15) is 50.1 Å². The number of amides is 1. The SMILES string of the molecule is CSc1nc2nc(C)c(CC(=O)NCC(C)(C)N3CCCCC3)c(C)n2n1. The third kappa shape index (κ3) is 4.43. The highest BCUT2D eigenvalue weighted by atomic mass is 32.2. The fraction of sp³-hybridized carbons (Fsp3) is 0.684. The van der Waals surface area contributed by atoms with Gasteiger partial charge in [0.1, 0.15) is 0 Å². The summed E-state index contributed by atoms with van der Waals surface area (Å²) in [5.74, 6) is 0.613. The van der Waals surface area contributed by atoms with Crippen LogP contribution in [-0.2, 0) is 11.2 Å². The van der Waals surface area contributed by atoms with Crippen LogP contribution in [0.4, 0.5) is 0 Å². The van der Waals surface area contributed by atoms with Gasteiger partial charge in [-0.25, -0.2) is 9.50 Å². The molecule has 1 N–H and O–H groups in total. The molecule has 3 rings (SSSR count). The fourth-order valence-electron chi connectivity index (χ4n) is 3.68. The van der Waals surface area contributed by atoms with Crippen molar-refractivity contribution in [3.05, 3.63) is 17.0 Å². The number of rotatable bonds is 6. The minimum absolute atomic E-state index is 0.0256. The summed E-state index contributed by atoms with van der Waals surface area (Å²) in [5.41, 5.74) is 2.66. The number of piperidine rings is 1. The zero-order chi connectivity index (χ0) is 19.6. The Kier molecular flexibility index (Phi) is 6.05. The highest BCUT2D eigenvalue weighted by Crippen LogP contribution is 2.20. The van der Waals surface area contributed by atoms with E-state index in [1.165, 1.54) is 31.0 Å². The molecule has 0 saturated carbocycles. The molecular weight excluding hydrogens is 360 g/mol. The van der Waals surface area contributed by atoms with Gasteiger partial charge in [0.05, 0.1) is 6.42 Å². The van der Waals surface area contributed by atoms with Crippen molar-refractivity contribution in [1.82, 2.24) is 29.8 Å². The lowest BCUT2D eigenvalue weighted by molar-refractivity contribution is -0.121. The average Bonchev–Trinajstić information content (AvgIpc) is 3.07. The van der Waals surface area contributed by atoms with Crippen LogP contribution in [0, 0.1) is 13.8 Å². The van der Waals surface area contributed by atoms with E-state index in [2.05, 4.69) is 39.1 Å². The first-order chi connectivity index (χ1) is 12.8. The van der Waals surface area contributed by atoms with Gasteiger partial charge >= 0.3 is 0 Å². The van der Waals surface area contributed by atoms with Gasteiger partial charge in [0, 0.05) is 29.0 Å². The van der Waals surface area contributed by atoms with Gasteiger partial charge in [0.2, 0.25) is 11.1 Å². The second-order valence-electron chi connectivity index (χ2n) is 7.89. The molecule has 7 nitrogen and oxygen atoms in total. The maximum absolute atomic E-state index is 12.6. The van der Waals surface area contributed by atoms with Crippen molar-refractivity contribution < 1.29 is 4.79 Å². The predicted octanol–water partition coefficient (Wildman–Crippen LogP) is 2.39. The minimum Gasteiger partial charge on any atom is -0.354 e. The van der Waals surface area contributed by atoms with E-state index in [1.807, 2.05) is 20.1 Å². The topological polar surface area (TPSA) is 75.4 Å². The van der Waals surface area contributed by atoms with Crippen LogP contribution in [0.2, 0.25) is 0 Å². The van der Waals surface area contributed by atoms with Crippen LogP contribution in [0.5, 0.6) is 0 Å². The molecule has 1 saturated heterocycles. The van der Waals surface area contributed by atoms with Gasteiger partial charge in [-0.1, -0.05) is 18.2 Å². The lowest BCUT2D eigenvalue weighted by atomic mass is 9.98. The lowest BCUT2D eigenvalue weighted by Gasteiger charge is -2.41. The van der Waals surface area contributed by atoms with E-state index >= 15 is 0 Å². The third-order valence-electron chi connectivity index (χ3n) is 5.48. The summed E-state index contributed by atoms with van der Waals surface area (Å²) in [6, 6.07) is 0.